The largest absolute Gasteiger partial charge is 0.486 e. The molecule has 1 aromatic carbocycles. The number of carbonyl (C=O) groups excluding carboxylic acids is 1. The molecule has 4 rings (SSSR count). The molecule has 0 saturated carbocycles. The van der Waals surface area contributed by atoms with Gasteiger partial charge in [0.2, 0.25) is 0 Å². The Labute approximate surface area is 158 Å². The first kappa shape index (κ1) is 17.5. The molecule has 0 aliphatic carbocycles. The molecule has 1 amide bonds. The number of thiazole rings is 1. The van der Waals surface area contributed by atoms with Gasteiger partial charge in [0.05, 0.1) is 16.3 Å². The van der Waals surface area contributed by atoms with E-state index in [1.165, 1.54) is 0 Å². The fraction of sp³-hybridized carbons (Fsp3) is 0.500. The molecule has 5 nitrogen and oxygen atoms in total. The van der Waals surface area contributed by atoms with E-state index in [1.807, 2.05) is 41.5 Å². The average Bonchev–Trinajstić information content (AvgIpc) is 3.24. The summed E-state index contributed by atoms with van der Waals surface area (Å²) in [5.74, 6) is 2.16. The molecule has 0 spiro atoms. The molecule has 2 aromatic rings. The Balaban J connectivity index is 1.45. The minimum absolute atomic E-state index is 0.0861. The van der Waals surface area contributed by atoms with Crippen LogP contribution in [0.5, 0.6) is 5.75 Å². The van der Waals surface area contributed by atoms with Crippen LogP contribution in [0.15, 0.2) is 29.6 Å². The molecule has 2 atom stereocenters. The summed E-state index contributed by atoms with van der Waals surface area (Å²) < 4.78 is 5.94. The normalized spacial score (nSPS) is 22.7. The van der Waals surface area contributed by atoms with E-state index in [4.69, 9.17) is 4.74 Å². The van der Waals surface area contributed by atoms with Gasteiger partial charge in [-0.25, -0.2) is 4.98 Å². The molecule has 1 N–H and O–H groups in total. The summed E-state index contributed by atoms with van der Waals surface area (Å²) in [5, 5.41) is 6.51. The first-order valence-electron chi connectivity index (χ1n) is 9.33. The van der Waals surface area contributed by atoms with Crippen LogP contribution >= 0.6 is 11.3 Å². The number of carbonyl (C=O) groups is 1. The van der Waals surface area contributed by atoms with Crippen LogP contribution in [-0.2, 0) is 6.61 Å². The van der Waals surface area contributed by atoms with E-state index in [9.17, 15) is 4.79 Å². The number of hydrogen-bond acceptors (Lipinski definition) is 5. The van der Waals surface area contributed by atoms with Crippen LogP contribution in [-0.4, -0.2) is 42.0 Å². The van der Waals surface area contributed by atoms with Crippen molar-refractivity contribution in [3.8, 4) is 5.75 Å². The Morgan fingerprint density at radius 3 is 2.69 bits per heavy atom. The van der Waals surface area contributed by atoms with Gasteiger partial charge in [0.25, 0.3) is 5.91 Å². The molecule has 138 valence electrons. The SMILES string of the molecule is Cc1nc(COc2ccccc2C(=O)N2CC[C@@H]3CNC[C@@H]3CC2)cs1. The fourth-order valence-corrected chi connectivity index (χ4v) is 4.58. The van der Waals surface area contributed by atoms with Crippen molar-refractivity contribution >= 4 is 17.2 Å². The van der Waals surface area contributed by atoms with Gasteiger partial charge < -0.3 is 15.0 Å². The zero-order valence-corrected chi connectivity index (χ0v) is 15.9. The second kappa shape index (κ2) is 7.76. The lowest BCUT2D eigenvalue weighted by Gasteiger charge is -2.22. The van der Waals surface area contributed by atoms with Crippen LogP contribution in [0.4, 0.5) is 0 Å². The Morgan fingerprint density at radius 2 is 2.00 bits per heavy atom. The first-order chi connectivity index (χ1) is 12.7. The molecule has 0 bridgehead atoms. The molecule has 0 radical (unpaired) electrons. The maximum absolute atomic E-state index is 13.1. The van der Waals surface area contributed by atoms with Crippen LogP contribution in [0, 0.1) is 18.8 Å². The number of likely N-dealkylation sites (tertiary alicyclic amines) is 1. The highest BCUT2D eigenvalue weighted by molar-refractivity contribution is 7.09. The van der Waals surface area contributed by atoms with Crippen molar-refractivity contribution in [1.29, 1.82) is 0 Å². The number of hydrogen-bond donors (Lipinski definition) is 1. The van der Waals surface area contributed by atoms with Gasteiger partial charge in [-0.05, 0) is 56.8 Å². The molecular weight excluding hydrogens is 346 g/mol. The molecule has 3 heterocycles. The van der Waals surface area contributed by atoms with Gasteiger partial charge in [-0.1, -0.05) is 12.1 Å². The quantitative estimate of drug-likeness (QED) is 0.897. The van der Waals surface area contributed by atoms with E-state index in [-0.39, 0.29) is 5.91 Å². The van der Waals surface area contributed by atoms with Crippen LogP contribution in [0.25, 0.3) is 0 Å². The number of aromatic nitrogens is 1. The highest BCUT2D eigenvalue weighted by Crippen LogP contribution is 2.29. The number of aryl methyl sites for hydroxylation is 1. The number of rotatable bonds is 4. The monoisotopic (exact) mass is 371 g/mol. The molecule has 0 unspecified atom stereocenters. The van der Waals surface area contributed by atoms with Crippen molar-refractivity contribution in [2.45, 2.75) is 26.4 Å². The van der Waals surface area contributed by atoms with E-state index >= 15 is 0 Å². The average molecular weight is 372 g/mol. The third-order valence-corrected chi connectivity index (χ3v) is 6.29. The van der Waals surface area contributed by atoms with Crippen LogP contribution in [0.1, 0.15) is 33.9 Å². The Hall–Kier alpha value is -1.92. The van der Waals surface area contributed by atoms with Gasteiger partial charge in [-0.2, -0.15) is 0 Å². The molecule has 2 saturated heterocycles. The lowest BCUT2D eigenvalue weighted by molar-refractivity contribution is 0.0753. The van der Waals surface area contributed by atoms with Gasteiger partial charge in [-0.15, -0.1) is 11.3 Å². The lowest BCUT2D eigenvalue weighted by atomic mass is 9.92. The molecule has 2 aliphatic heterocycles. The Bertz CT molecular complexity index is 762. The Kier molecular flexibility index (Phi) is 5.22. The summed E-state index contributed by atoms with van der Waals surface area (Å²) in [4.78, 5) is 19.6. The van der Waals surface area contributed by atoms with E-state index in [0.717, 1.165) is 49.7 Å². The number of nitrogens with zero attached hydrogens (tertiary/aromatic N) is 2. The predicted octanol–water partition coefficient (Wildman–Crippen LogP) is 3.10. The number of amides is 1. The summed E-state index contributed by atoms with van der Waals surface area (Å²) >= 11 is 1.61. The van der Waals surface area contributed by atoms with Crippen LogP contribution < -0.4 is 10.1 Å². The van der Waals surface area contributed by atoms with E-state index in [1.54, 1.807) is 11.3 Å². The maximum Gasteiger partial charge on any atom is 0.257 e. The van der Waals surface area contributed by atoms with Crippen molar-refractivity contribution in [1.82, 2.24) is 15.2 Å². The molecule has 2 fully saturated rings. The van der Waals surface area contributed by atoms with Gasteiger partial charge in [-0.3, -0.25) is 4.79 Å². The zero-order valence-electron chi connectivity index (χ0n) is 15.1. The van der Waals surface area contributed by atoms with Crippen molar-refractivity contribution in [2.75, 3.05) is 26.2 Å². The zero-order chi connectivity index (χ0) is 17.9. The van der Waals surface area contributed by atoms with Crippen LogP contribution in [0.3, 0.4) is 0 Å². The topological polar surface area (TPSA) is 54.5 Å². The second-order valence-electron chi connectivity index (χ2n) is 7.19. The molecule has 6 heteroatoms. The molecule has 2 aliphatic rings. The fourth-order valence-electron chi connectivity index (χ4n) is 3.99. The third-order valence-electron chi connectivity index (χ3n) is 5.47. The molecule has 1 aromatic heterocycles. The van der Waals surface area contributed by atoms with Gasteiger partial charge in [0.15, 0.2) is 0 Å². The van der Waals surface area contributed by atoms with Crippen molar-refractivity contribution in [3.05, 3.63) is 45.9 Å². The molecule has 26 heavy (non-hydrogen) atoms. The minimum Gasteiger partial charge on any atom is -0.486 e. The third kappa shape index (κ3) is 3.76. The molecular formula is C20H25N3O2S. The van der Waals surface area contributed by atoms with E-state index in [2.05, 4.69) is 10.3 Å². The maximum atomic E-state index is 13.1. The summed E-state index contributed by atoms with van der Waals surface area (Å²) in [6.07, 6.45) is 2.18. The number of ether oxygens (including phenoxy) is 1. The minimum atomic E-state index is 0.0861. The van der Waals surface area contributed by atoms with Crippen molar-refractivity contribution < 1.29 is 9.53 Å². The summed E-state index contributed by atoms with van der Waals surface area (Å²) in [6.45, 7) is 6.24. The van der Waals surface area contributed by atoms with Crippen molar-refractivity contribution in [3.63, 3.8) is 0 Å². The van der Waals surface area contributed by atoms with Crippen LogP contribution in [0.2, 0.25) is 0 Å². The number of benzene rings is 1. The smallest absolute Gasteiger partial charge is 0.257 e. The van der Waals surface area contributed by atoms with Gasteiger partial charge in [0, 0.05) is 18.5 Å². The lowest BCUT2D eigenvalue weighted by Crippen LogP contribution is -2.33. The Morgan fingerprint density at radius 1 is 1.27 bits per heavy atom. The van der Waals surface area contributed by atoms with Gasteiger partial charge in [0.1, 0.15) is 12.4 Å². The summed E-state index contributed by atoms with van der Waals surface area (Å²) in [6, 6.07) is 7.57. The predicted molar refractivity (Wildman–Crippen MR) is 103 cm³/mol. The highest BCUT2D eigenvalue weighted by atomic mass is 32.1. The van der Waals surface area contributed by atoms with E-state index < -0.39 is 0 Å². The number of fused-ring (bicyclic) bond motifs is 1. The number of para-hydroxylation sites is 1. The standard InChI is InChI=1S/C20H25N3O2S/c1-14-22-17(13-26-14)12-25-19-5-3-2-4-18(19)20(24)23-8-6-15-10-21-11-16(15)7-9-23/h2-5,13,15-16,21H,6-12H2,1H3/t15-,16+. The highest BCUT2D eigenvalue weighted by Gasteiger charge is 2.32. The van der Waals surface area contributed by atoms with Gasteiger partial charge >= 0.3 is 0 Å². The summed E-state index contributed by atoms with van der Waals surface area (Å²) in [7, 11) is 0. The number of nitrogens with one attached hydrogen (secondary N) is 1. The second-order valence-corrected chi connectivity index (χ2v) is 8.25. The van der Waals surface area contributed by atoms with Crippen molar-refractivity contribution in [2.24, 2.45) is 11.8 Å². The van der Waals surface area contributed by atoms with E-state index in [0.29, 0.717) is 29.8 Å². The first-order valence-corrected chi connectivity index (χ1v) is 10.2. The summed E-state index contributed by atoms with van der Waals surface area (Å²) in [5.41, 5.74) is 1.56.